The van der Waals surface area contributed by atoms with E-state index < -0.39 is 10.8 Å². The van der Waals surface area contributed by atoms with E-state index in [1.54, 1.807) is 0 Å². The molecule has 2 atom stereocenters. The summed E-state index contributed by atoms with van der Waals surface area (Å²) in [7, 11) is -0.613. The summed E-state index contributed by atoms with van der Waals surface area (Å²) < 4.78 is 11.1. The summed E-state index contributed by atoms with van der Waals surface area (Å²) >= 11 is 0. The Morgan fingerprint density at radius 1 is 1.62 bits per heavy atom. The first kappa shape index (κ1) is 11.1. The van der Waals surface area contributed by atoms with Crippen molar-refractivity contribution in [3.63, 3.8) is 0 Å². The van der Waals surface area contributed by atoms with Crippen LogP contribution in [0.3, 0.4) is 0 Å². The maximum Gasteiger partial charge on any atom is 0.0359 e. The Morgan fingerprint density at radius 2 is 2.46 bits per heavy atom. The topological polar surface area (TPSA) is 41.1 Å². The van der Waals surface area contributed by atoms with Gasteiger partial charge in [-0.3, -0.25) is 4.21 Å². The summed E-state index contributed by atoms with van der Waals surface area (Å²) in [4.78, 5) is 0. The average Bonchev–Trinajstić information content (AvgIpc) is 2.64. The maximum atomic E-state index is 11.1. The van der Waals surface area contributed by atoms with E-state index in [1.165, 1.54) is 12.8 Å². The average molecular weight is 204 g/mol. The highest BCUT2D eigenvalue weighted by atomic mass is 32.2. The summed E-state index contributed by atoms with van der Waals surface area (Å²) in [5, 5.41) is 6.76. The lowest BCUT2D eigenvalue weighted by molar-refractivity contribution is 0.547. The van der Waals surface area contributed by atoms with Gasteiger partial charge in [0, 0.05) is 41.4 Å². The van der Waals surface area contributed by atoms with Gasteiger partial charge < -0.3 is 10.6 Å². The lowest BCUT2D eigenvalue weighted by atomic mass is 10.2. The molecule has 3 nitrogen and oxygen atoms in total. The van der Waals surface area contributed by atoms with Crippen molar-refractivity contribution >= 4 is 10.8 Å². The predicted molar refractivity (Wildman–Crippen MR) is 57.4 cm³/mol. The number of nitrogens with one attached hydrogen (secondary N) is 2. The lowest BCUT2D eigenvalue weighted by Gasteiger charge is -2.10. The zero-order chi connectivity index (χ0) is 9.52. The van der Waals surface area contributed by atoms with Gasteiger partial charge in [-0.2, -0.15) is 0 Å². The molecule has 1 fully saturated rings. The molecule has 2 unspecified atom stereocenters. The minimum atomic E-state index is -0.613. The summed E-state index contributed by atoms with van der Waals surface area (Å²) in [6.07, 6.45) is 2.58. The third-order valence-corrected chi connectivity index (χ3v) is 3.69. The van der Waals surface area contributed by atoms with Crippen LogP contribution in [-0.2, 0) is 10.8 Å². The smallest absolute Gasteiger partial charge is 0.0359 e. The molecule has 1 rings (SSSR count). The van der Waals surface area contributed by atoms with E-state index in [2.05, 4.69) is 10.6 Å². The van der Waals surface area contributed by atoms with Crippen molar-refractivity contribution < 1.29 is 4.21 Å². The molecule has 0 aromatic rings. The zero-order valence-electron chi connectivity index (χ0n) is 8.34. The molecule has 13 heavy (non-hydrogen) atoms. The van der Waals surface area contributed by atoms with Gasteiger partial charge in [-0.25, -0.2) is 0 Å². The predicted octanol–water partition coefficient (Wildman–Crippen LogP) is 0.0966. The second kappa shape index (κ2) is 6.51. The van der Waals surface area contributed by atoms with E-state index in [-0.39, 0.29) is 0 Å². The lowest BCUT2D eigenvalue weighted by Crippen LogP contribution is -2.35. The van der Waals surface area contributed by atoms with Crippen molar-refractivity contribution in [3.05, 3.63) is 0 Å². The minimum absolute atomic E-state index is 0.613. The fraction of sp³-hybridized carbons (Fsp3) is 1.00. The van der Waals surface area contributed by atoms with E-state index in [0.29, 0.717) is 6.04 Å². The molecule has 1 heterocycles. The van der Waals surface area contributed by atoms with E-state index in [1.807, 2.05) is 6.92 Å². The molecule has 1 aliphatic rings. The van der Waals surface area contributed by atoms with Gasteiger partial charge in [0.15, 0.2) is 0 Å². The van der Waals surface area contributed by atoms with Gasteiger partial charge >= 0.3 is 0 Å². The highest BCUT2D eigenvalue weighted by molar-refractivity contribution is 7.84. The molecule has 2 N–H and O–H groups in total. The van der Waals surface area contributed by atoms with E-state index in [0.717, 1.165) is 31.1 Å². The van der Waals surface area contributed by atoms with E-state index in [4.69, 9.17) is 0 Å². The van der Waals surface area contributed by atoms with Crippen LogP contribution in [0.15, 0.2) is 0 Å². The quantitative estimate of drug-likeness (QED) is 0.603. The number of rotatable bonds is 6. The van der Waals surface area contributed by atoms with Gasteiger partial charge in [-0.1, -0.05) is 6.92 Å². The van der Waals surface area contributed by atoms with Gasteiger partial charge in [-0.15, -0.1) is 0 Å². The van der Waals surface area contributed by atoms with Crippen molar-refractivity contribution in [3.8, 4) is 0 Å². The molecule has 0 bridgehead atoms. The van der Waals surface area contributed by atoms with Gasteiger partial charge in [0.1, 0.15) is 0 Å². The molecule has 78 valence electrons. The molecule has 0 spiro atoms. The first-order valence-corrected chi connectivity index (χ1v) is 6.60. The normalized spacial score (nSPS) is 24.8. The van der Waals surface area contributed by atoms with Crippen LogP contribution in [0.1, 0.15) is 19.8 Å². The van der Waals surface area contributed by atoms with Gasteiger partial charge in [0.2, 0.25) is 0 Å². The van der Waals surface area contributed by atoms with Crippen molar-refractivity contribution in [2.24, 2.45) is 0 Å². The molecule has 1 aliphatic heterocycles. The number of hydrogen-bond donors (Lipinski definition) is 2. The summed E-state index contributed by atoms with van der Waals surface area (Å²) in [5.41, 5.74) is 0. The first-order chi connectivity index (χ1) is 6.33. The molecular weight excluding hydrogens is 184 g/mol. The maximum absolute atomic E-state index is 11.1. The molecule has 0 aliphatic carbocycles. The third-order valence-electron chi connectivity index (χ3n) is 2.38. The summed E-state index contributed by atoms with van der Waals surface area (Å²) in [6, 6.07) is 0.648. The SMILES string of the molecule is CCS(=O)CCNCC1CCCN1. The summed E-state index contributed by atoms with van der Waals surface area (Å²) in [5.74, 6) is 1.58. The molecule has 0 aromatic heterocycles. The fourth-order valence-corrected chi connectivity index (χ4v) is 2.20. The zero-order valence-corrected chi connectivity index (χ0v) is 9.16. The molecule has 4 heteroatoms. The van der Waals surface area contributed by atoms with Crippen molar-refractivity contribution in [1.82, 2.24) is 10.6 Å². The minimum Gasteiger partial charge on any atom is -0.314 e. The van der Waals surface area contributed by atoms with Crippen LogP contribution in [0.5, 0.6) is 0 Å². The van der Waals surface area contributed by atoms with Gasteiger partial charge in [-0.05, 0) is 19.4 Å². The van der Waals surface area contributed by atoms with Crippen LogP contribution in [-0.4, -0.2) is 41.4 Å². The largest absolute Gasteiger partial charge is 0.314 e. The van der Waals surface area contributed by atoms with E-state index in [9.17, 15) is 4.21 Å². The molecule has 0 radical (unpaired) electrons. The van der Waals surface area contributed by atoms with Crippen molar-refractivity contribution in [2.75, 3.05) is 31.1 Å². The van der Waals surface area contributed by atoms with Crippen LogP contribution in [0.2, 0.25) is 0 Å². The Morgan fingerprint density at radius 3 is 3.08 bits per heavy atom. The number of hydrogen-bond acceptors (Lipinski definition) is 3. The van der Waals surface area contributed by atoms with Gasteiger partial charge in [0.25, 0.3) is 0 Å². The standard InChI is InChI=1S/C9H20N2OS/c1-2-13(12)7-6-10-8-9-4-3-5-11-9/h9-11H,2-8H2,1H3. The second-order valence-corrected chi connectivity index (χ2v) is 5.30. The van der Waals surface area contributed by atoms with Crippen LogP contribution < -0.4 is 10.6 Å². The molecule has 1 saturated heterocycles. The van der Waals surface area contributed by atoms with Gasteiger partial charge in [0.05, 0.1) is 0 Å². The Kier molecular flexibility index (Phi) is 5.58. The molecule has 0 amide bonds. The Bertz CT molecular complexity index is 158. The Hall–Kier alpha value is 0.0700. The Labute approximate surface area is 83.1 Å². The van der Waals surface area contributed by atoms with Crippen LogP contribution in [0.25, 0.3) is 0 Å². The molecule has 0 saturated carbocycles. The van der Waals surface area contributed by atoms with Crippen LogP contribution >= 0.6 is 0 Å². The van der Waals surface area contributed by atoms with Crippen LogP contribution in [0, 0.1) is 0 Å². The highest BCUT2D eigenvalue weighted by Gasteiger charge is 2.12. The fourth-order valence-electron chi connectivity index (χ4n) is 1.54. The van der Waals surface area contributed by atoms with Crippen molar-refractivity contribution in [1.29, 1.82) is 0 Å². The third kappa shape index (κ3) is 4.74. The highest BCUT2D eigenvalue weighted by Crippen LogP contribution is 2.02. The Balaban J connectivity index is 1.91. The molecule has 0 aromatic carbocycles. The van der Waals surface area contributed by atoms with E-state index >= 15 is 0 Å². The second-order valence-electron chi connectivity index (χ2n) is 3.43. The molecular formula is C9H20N2OS. The van der Waals surface area contributed by atoms with Crippen molar-refractivity contribution in [2.45, 2.75) is 25.8 Å². The van der Waals surface area contributed by atoms with Crippen LogP contribution in [0.4, 0.5) is 0 Å². The summed E-state index contributed by atoms with van der Waals surface area (Å²) in [6.45, 7) is 5.04. The monoisotopic (exact) mass is 204 g/mol. The first-order valence-electron chi connectivity index (χ1n) is 5.12.